The van der Waals surface area contributed by atoms with Crippen LogP contribution in [0.25, 0.3) is 0 Å². The Hall–Kier alpha value is -0.450. The van der Waals surface area contributed by atoms with Gasteiger partial charge in [0, 0.05) is 24.1 Å². The molecule has 0 aliphatic rings. The van der Waals surface area contributed by atoms with Crippen molar-refractivity contribution in [3.63, 3.8) is 0 Å². The highest BCUT2D eigenvalue weighted by atomic mass is 32.1. The van der Waals surface area contributed by atoms with E-state index in [1.54, 1.807) is 7.11 Å². The third-order valence-electron chi connectivity index (χ3n) is 3.97. The summed E-state index contributed by atoms with van der Waals surface area (Å²) in [5.74, 6) is 0. The van der Waals surface area contributed by atoms with Crippen molar-refractivity contribution >= 4 is 11.3 Å². The normalized spacial score (nSPS) is 12.9. The molecule has 0 saturated heterocycles. The lowest BCUT2D eigenvalue weighted by Crippen LogP contribution is -2.35. The number of aryl methyl sites for hydroxylation is 1. The summed E-state index contributed by atoms with van der Waals surface area (Å²) in [5.41, 5.74) is 1.16. The summed E-state index contributed by atoms with van der Waals surface area (Å²) in [6.45, 7) is 14.1. The molecule has 0 aromatic carbocycles. The molecule has 122 valence electrons. The van der Waals surface area contributed by atoms with Crippen LogP contribution in [-0.2, 0) is 23.3 Å². The molecule has 1 rings (SSSR count). The average molecular weight is 313 g/mol. The first kappa shape index (κ1) is 18.6. The summed E-state index contributed by atoms with van der Waals surface area (Å²) in [6.07, 6.45) is 4.10. The molecule has 0 fully saturated rings. The van der Waals surface area contributed by atoms with E-state index in [9.17, 15) is 0 Å². The molecule has 0 spiro atoms. The molecule has 0 aliphatic carbocycles. The Morgan fingerprint density at radius 3 is 2.19 bits per heavy atom. The van der Waals surface area contributed by atoms with Crippen LogP contribution in [0.3, 0.4) is 0 Å². The zero-order valence-electron chi connectivity index (χ0n) is 14.8. The minimum absolute atomic E-state index is 0.126. The molecule has 1 aromatic heterocycles. The molecule has 0 amide bonds. The fourth-order valence-corrected chi connectivity index (χ4v) is 3.78. The maximum absolute atomic E-state index is 5.84. The molecule has 0 aliphatic heterocycles. The third-order valence-corrected chi connectivity index (χ3v) is 5.25. The molecule has 0 saturated carbocycles. The van der Waals surface area contributed by atoms with E-state index in [0.29, 0.717) is 0 Å². The van der Waals surface area contributed by atoms with E-state index in [1.807, 2.05) is 11.3 Å². The SMILES string of the molecule is CCCc1nc(C(CC)(CC)OC)sc1CNC(C)(C)C. The maximum Gasteiger partial charge on any atom is 0.125 e. The Labute approximate surface area is 134 Å². The van der Waals surface area contributed by atoms with Crippen molar-refractivity contribution in [1.82, 2.24) is 10.3 Å². The lowest BCUT2D eigenvalue weighted by molar-refractivity contribution is -0.0219. The molecule has 21 heavy (non-hydrogen) atoms. The summed E-state index contributed by atoms with van der Waals surface area (Å²) in [4.78, 5) is 6.30. The van der Waals surface area contributed by atoms with E-state index in [2.05, 4.69) is 46.9 Å². The van der Waals surface area contributed by atoms with Crippen LogP contribution < -0.4 is 5.32 Å². The second-order valence-corrected chi connectivity index (χ2v) is 7.73. The number of hydrogen-bond donors (Lipinski definition) is 1. The van der Waals surface area contributed by atoms with Crippen molar-refractivity contribution in [1.29, 1.82) is 0 Å². The van der Waals surface area contributed by atoms with Crippen molar-refractivity contribution in [2.45, 2.75) is 84.9 Å². The minimum Gasteiger partial charge on any atom is -0.371 e. The first-order valence-corrected chi connectivity index (χ1v) is 8.92. The van der Waals surface area contributed by atoms with Gasteiger partial charge in [-0.2, -0.15) is 0 Å². The third kappa shape index (κ3) is 4.76. The second kappa shape index (κ2) is 7.70. The number of nitrogens with one attached hydrogen (secondary N) is 1. The molecular weight excluding hydrogens is 280 g/mol. The van der Waals surface area contributed by atoms with Gasteiger partial charge in [0.05, 0.1) is 5.69 Å². The van der Waals surface area contributed by atoms with Gasteiger partial charge in [0.25, 0.3) is 0 Å². The van der Waals surface area contributed by atoms with Crippen LogP contribution in [0.5, 0.6) is 0 Å². The van der Waals surface area contributed by atoms with Crippen molar-refractivity contribution < 1.29 is 4.74 Å². The monoisotopic (exact) mass is 312 g/mol. The van der Waals surface area contributed by atoms with E-state index >= 15 is 0 Å². The van der Waals surface area contributed by atoms with Gasteiger partial charge < -0.3 is 10.1 Å². The smallest absolute Gasteiger partial charge is 0.125 e. The zero-order chi connectivity index (χ0) is 16.1. The molecule has 1 N–H and O–H groups in total. The number of hydrogen-bond acceptors (Lipinski definition) is 4. The van der Waals surface area contributed by atoms with Gasteiger partial charge in [-0.15, -0.1) is 11.3 Å². The van der Waals surface area contributed by atoms with Gasteiger partial charge in [0.2, 0.25) is 0 Å². The largest absolute Gasteiger partial charge is 0.371 e. The molecular formula is C17H32N2OS. The van der Waals surface area contributed by atoms with Crippen LogP contribution in [0.4, 0.5) is 0 Å². The predicted octanol–water partition coefficient (Wildman–Crippen LogP) is 4.65. The highest BCUT2D eigenvalue weighted by Crippen LogP contribution is 2.36. The Morgan fingerprint density at radius 2 is 1.76 bits per heavy atom. The van der Waals surface area contributed by atoms with Crippen molar-refractivity contribution in [2.75, 3.05) is 7.11 Å². The van der Waals surface area contributed by atoms with Gasteiger partial charge in [-0.3, -0.25) is 0 Å². The second-order valence-electron chi connectivity index (χ2n) is 6.65. The lowest BCUT2D eigenvalue weighted by atomic mass is 9.98. The number of thiazole rings is 1. The van der Waals surface area contributed by atoms with Crippen molar-refractivity contribution in [3.8, 4) is 0 Å². The summed E-state index contributed by atoms with van der Waals surface area (Å²) in [5, 5.41) is 4.73. The molecule has 0 bridgehead atoms. The zero-order valence-corrected chi connectivity index (χ0v) is 15.6. The predicted molar refractivity (Wildman–Crippen MR) is 92.0 cm³/mol. The fraction of sp³-hybridized carbons (Fsp3) is 0.824. The quantitative estimate of drug-likeness (QED) is 0.759. The van der Waals surface area contributed by atoms with Gasteiger partial charge in [-0.05, 0) is 40.0 Å². The van der Waals surface area contributed by atoms with Crippen molar-refractivity contribution in [2.24, 2.45) is 0 Å². The molecule has 1 heterocycles. The standard InChI is InChI=1S/C17H32N2OS/c1-8-11-13-14(12-18-16(4,5)6)21-15(19-13)17(9-2,10-3)20-7/h18H,8-12H2,1-7H3. The van der Waals surface area contributed by atoms with Crippen LogP contribution in [0, 0.1) is 0 Å². The van der Waals surface area contributed by atoms with Crippen LogP contribution >= 0.6 is 11.3 Å². The fourth-order valence-electron chi connectivity index (χ4n) is 2.42. The van der Waals surface area contributed by atoms with Gasteiger partial charge in [0.15, 0.2) is 0 Å². The highest BCUT2D eigenvalue weighted by Gasteiger charge is 2.32. The number of rotatable bonds is 8. The Bertz CT molecular complexity index is 422. The van der Waals surface area contributed by atoms with Gasteiger partial charge in [-0.25, -0.2) is 4.98 Å². The first-order valence-electron chi connectivity index (χ1n) is 8.11. The molecule has 1 aromatic rings. The van der Waals surface area contributed by atoms with Gasteiger partial charge in [-0.1, -0.05) is 27.2 Å². The molecule has 0 unspecified atom stereocenters. The summed E-state index contributed by atoms with van der Waals surface area (Å²) in [7, 11) is 1.81. The van der Waals surface area contributed by atoms with Crippen molar-refractivity contribution in [3.05, 3.63) is 15.6 Å². The first-order chi connectivity index (χ1) is 9.81. The average Bonchev–Trinajstić information content (AvgIpc) is 2.83. The lowest BCUT2D eigenvalue weighted by Gasteiger charge is -2.27. The van der Waals surface area contributed by atoms with E-state index in [-0.39, 0.29) is 11.1 Å². The summed E-state index contributed by atoms with van der Waals surface area (Å²) in [6, 6.07) is 0. The number of methoxy groups -OCH3 is 1. The molecule has 0 radical (unpaired) electrons. The summed E-state index contributed by atoms with van der Waals surface area (Å²) < 4.78 is 5.84. The van der Waals surface area contributed by atoms with E-state index < -0.39 is 0 Å². The Kier molecular flexibility index (Phi) is 6.82. The number of aromatic nitrogens is 1. The van der Waals surface area contributed by atoms with Gasteiger partial charge >= 0.3 is 0 Å². The van der Waals surface area contributed by atoms with E-state index in [0.717, 1.165) is 37.2 Å². The molecule has 3 nitrogen and oxygen atoms in total. The van der Waals surface area contributed by atoms with E-state index in [1.165, 1.54) is 10.6 Å². The summed E-state index contributed by atoms with van der Waals surface area (Å²) >= 11 is 1.82. The Morgan fingerprint density at radius 1 is 1.14 bits per heavy atom. The maximum atomic E-state index is 5.84. The minimum atomic E-state index is -0.215. The highest BCUT2D eigenvalue weighted by molar-refractivity contribution is 7.11. The van der Waals surface area contributed by atoms with Crippen LogP contribution in [-0.4, -0.2) is 17.6 Å². The van der Waals surface area contributed by atoms with Crippen LogP contribution in [0.2, 0.25) is 0 Å². The molecule has 0 atom stereocenters. The van der Waals surface area contributed by atoms with E-state index in [4.69, 9.17) is 9.72 Å². The number of ether oxygens (including phenoxy) is 1. The van der Waals surface area contributed by atoms with Crippen LogP contribution in [0.15, 0.2) is 0 Å². The molecule has 4 heteroatoms. The number of nitrogens with zero attached hydrogens (tertiary/aromatic N) is 1. The van der Waals surface area contributed by atoms with Gasteiger partial charge in [0.1, 0.15) is 10.6 Å². The Balaban J connectivity index is 3.08. The van der Waals surface area contributed by atoms with Crippen LogP contribution in [0.1, 0.15) is 76.4 Å². The topological polar surface area (TPSA) is 34.1 Å².